The summed E-state index contributed by atoms with van der Waals surface area (Å²) in [5.41, 5.74) is -1.19. The van der Waals surface area contributed by atoms with Gasteiger partial charge in [-0.1, -0.05) is 37.1 Å². The summed E-state index contributed by atoms with van der Waals surface area (Å²) in [5.74, 6) is -0.499. The predicted octanol–water partition coefficient (Wildman–Crippen LogP) is 4.48. The van der Waals surface area contributed by atoms with E-state index in [1.807, 2.05) is 6.92 Å². The number of ether oxygens (including phenoxy) is 1. The van der Waals surface area contributed by atoms with E-state index in [1.165, 1.54) is 25.3 Å². The number of alkyl halides is 3. The minimum atomic E-state index is -4.78. The zero-order valence-corrected chi connectivity index (χ0v) is 18.4. The summed E-state index contributed by atoms with van der Waals surface area (Å²) in [5, 5.41) is 2.19. The molecule has 0 atom stereocenters. The highest BCUT2D eigenvalue weighted by molar-refractivity contribution is 7.93. The number of methoxy groups -OCH3 is 1. The summed E-state index contributed by atoms with van der Waals surface area (Å²) in [4.78, 5) is 11.7. The molecule has 0 heterocycles. The van der Waals surface area contributed by atoms with E-state index >= 15 is 0 Å². The number of hydrogen-bond donors (Lipinski definition) is 1. The van der Waals surface area contributed by atoms with Crippen molar-refractivity contribution in [3.8, 4) is 5.75 Å². The molecule has 1 amide bonds. The molecule has 0 saturated carbocycles. The standard InChI is InChI=1S/C20H22ClF3N2O4S/c1-3-4-11-25-19(27)13-26(16-7-5-6-8-17(16)30-2)31(28,29)18-12-14(20(22,23)24)9-10-15(18)21/h5-10,12H,3-4,11,13H2,1-2H3,(H,25,27). The number of benzene rings is 2. The summed E-state index contributed by atoms with van der Waals surface area (Å²) >= 11 is 5.97. The van der Waals surface area contributed by atoms with Crippen LogP contribution in [-0.2, 0) is 21.0 Å². The lowest BCUT2D eigenvalue weighted by molar-refractivity contribution is -0.137. The van der Waals surface area contributed by atoms with E-state index in [0.717, 1.165) is 12.5 Å². The topological polar surface area (TPSA) is 75.7 Å². The van der Waals surface area contributed by atoms with Gasteiger partial charge < -0.3 is 10.1 Å². The van der Waals surface area contributed by atoms with Gasteiger partial charge in [0.05, 0.1) is 23.4 Å². The van der Waals surface area contributed by atoms with Crippen molar-refractivity contribution in [1.29, 1.82) is 0 Å². The maximum Gasteiger partial charge on any atom is 0.416 e. The molecule has 170 valence electrons. The molecule has 0 aliphatic carbocycles. The molecule has 0 aliphatic heterocycles. The lowest BCUT2D eigenvalue weighted by Crippen LogP contribution is -2.41. The third-order valence-corrected chi connectivity index (χ3v) is 6.56. The summed E-state index contributed by atoms with van der Waals surface area (Å²) in [6.45, 7) is 1.59. The third-order valence-electron chi connectivity index (χ3n) is 4.32. The highest BCUT2D eigenvalue weighted by Gasteiger charge is 2.36. The quantitative estimate of drug-likeness (QED) is 0.539. The average Bonchev–Trinajstić information content (AvgIpc) is 2.71. The molecule has 0 bridgehead atoms. The van der Waals surface area contributed by atoms with Gasteiger partial charge in [-0.2, -0.15) is 13.2 Å². The minimum absolute atomic E-state index is 0.0101. The van der Waals surface area contributed by atoms with Gasteiger partial charge in [0.25, 0.3) is 10.0 Å². The lowest BCUT2D eigenvalue weighted by atomic mass is 10.2. The average molecular weight is 479 g/mol. The first-order valence-electron chi connectivity index (χ1n) is 9.31. The highest BCUT2D eigenvalue weighted by atomic mass is 35.5. The Bertz CT molecular complexity index is 1030. The molecule has 2 rings (SSSR count). The van der Waals surface area contributed by atoms with Crippen LogP contribution in [0.4, 0.5) is 18.9 Å². The molecule has 11 heteroatoms. The van der Waals surface area contributed by atoms with Gasteiger partial charge in [-0.15, -0.1) is 0 Å². The minimum Gasteiger partial charge on any atom is -0.495 e. The van der Waals surface area contributed by atoms with Crippen molar-refractivity contribution in [2.45, 2.75) is 30.8 Å². The number of nitrogens with one attached hydrogen (secondary N) is 1. The van der Waals surface area contributed by atoms with E-state index in [0.29, 0.717) is 29.4 Å². The first kappa shape index (κ1) is 24.8. The monoisotopic (exact) mass is 478 g/mol. The number of halogens is 4. The van der Waals surface area contributed by atoms with Gasteiger partial charge in [0, 0.05) is 6.54 Å². The molecule has 0 fully saturated rings. The van der Waals surface area contributed by atoms with E-state index in [9.17, 15) is 26.4 Å². The zero-order chi connectivity index (χ0) is 23.2. The SMILES string of the molecule is CCCCNC(=O)CN(c1ccccc1OC)S(=O)(=O)c1cc(C(F)(F)F)ccc1Cl. The summed E-state index contributed by atoms with van der Waals surface area (Å²) in [6, 6.07) is 7.97. The van der Waals surface area contributed by atoms with Crippen LogP contribution in [0.3, 0.4) is 0 Å². The second kappa shape index (κ2) is 10.2. The highest BCUT2D eigenvalue weighted by Crippen LogP contribution is 2.37. The van der Waals surface area contributed by atoms with E-state index in [1.54, 1.807) is 6.07 Å². The van der Waals surface area contributed by atoms with Crippen LogP contribution in [0.5, 0.6) is 5.75 Å². The number of para-hydroxylation sites is 2. The number of anilines is 1. The molecule has 2 aromatic carbocycles. The van der Waals surface area contributed by atoms with Gasteiger partial charge >= 0.3 is 6.18 Å². The predicted molar refractivity (Wildman–Crippen MR) is 112 cm³/mol. The Morgan fingerprint density at radius 1 is 1.19 bits per heavy atom. The van der Waals surface area contributed by atoms with Gasteiger partial charge in [-0.25, -0.2) is 8.42 Å². The fraction of sp³-hybridized carbons (Fsp3) is 0.350. The number of sulfonamides is 1. The van der Waals surface area contributed by atoms with Crippen LogP contribution in [0.25, 0.3) is 0 Å². The molecular weight excluding hydrogens is 457 g/mol. The number of nitrogens with zero attached hydrogens (tertiary/aromatic N) is 1. The summed E-state index contributed by atoms with van der Waals surface area (Å²) in [6.07, 6.45) is -3.27. The molecule has 6 nitrogen and oxygen atoms in total. The van der Waals surface area contributed by atoms with Crippen LogP contribution in [0.1, 0.15) is 25.3 Å². The fourth-order valence-corrected chi connectivity index (χ4v) is 4.66. The molecule has 0 aromatic heterocycles. The maximum atomic E-state index is 13.4. The molecule has 0 spiro atoms. The van der Waals surface area contributed by atoms with Gasteiger partial charge in [0.1, 0.15) is 17.2 Å². The molecule has 1 N–H and O–H groups in total. The Morgan fingerprint density at radius 2 is 1.87 bits per heavy atom. The molecule has 0 radical (unpaired) electrons. The Balaban J connectivity index is 2.58. The van der Waals surface area contributed by atoms with Crippen molar-refractivity contribution in [1.82, 2.24) is 5.32 Å². The van der Waals surface area contributed by atoms with Gasteiger partial charge in [-0.3, -0.25) is 9.10 Å². The van der Waals surface area contributed by atoms with E-state index in [2.05, 4.69) is 5.32 Å². The number of amides is 1. The van der Waals surface area contributed by atoms with E-state index < -0.39 is 44.1 Å². The molecule has 2 aromatic rings. The number of hydrogen-bond acceptors (Lipinski definition) is 4. The maximum absolute atomic E-state index is 13.4. The van der Waals surface area contributed by atoms with Crippen LogP contribution in [0, 0.1) is 0 Å². The van der Waals surface area contributed by atoms with Crippen molar-refractivity contribution >= 4 is 33.2 Å². The van der Waals surface area contributed by atoms with Gasteiger partial charge in [0.2, 0.25) is 5.91 Å². The normalized spacial score (nSPS) is 11.8. The number of unbranched alkanes of at least 4 members (excludes halogenated alkanes) is 1. The second-order valence-corrected chi connectivity index (χ2v) is 8.77. The molecule has 0 aliphatic rings. The molecular formula is C20H22ClF3N2O4S. The van der Waals surface area contributed by atoms with E-state index in [-0.39, 0.29) is 11.4 Å². The van der Waals surface area contributed by atoms with Crippen LogP contribution >= 0.6 is 11.6 Å². The Morgan fingerprint density at radius 3 is 2.48 bits per heavy atom. The second-order valence-electron chi connectivity index (χ2n) is 6.53. The largest absolute Gasteiger partial charge is 0.495 e. The van der Waals surface area contributed by atoms with Crippen LogP contribution in [0.15, 0.2) is 47.4 Å². The van der Waals surface area contributed by atoms with Crippen molar-refractivity contribution in [3.05, 3.63) is 53.1 Å². The van der Waals surface area contributed by atoms with Crippen molar-refractivity contribution in [3.63, 3.8) is 0 Å². The number of carbonyl (C=O) groups excluding carboxylic acids is 1. The van der Waals surface area contributed by atoms with Crippen LogP contribution in [0.2, 0.25) is 5.02 Å². The van der Waals surface area contributed by atoms with Crippen molar-refractivity contribution < 1.29 is 31.1 Å². The van der Waals surface area contributed by atoms with Gasteiger partial charge in [0.15, 0.2) is 0 Å². The molecule has 31 heavy (non-hydrogen) atoms. The number of carbonyl (C=O) groups is 1. The van der Waals surface area contributed by atoms with Crippen molar-refractivity contribution in [2.24, 2.45) is 0 Å². The van der Waals surface area contributed by atoms with E-state index in [4.69, 9.17) is 16.3 Å². The smallest absolute Gasteiger partial charge is 0.416 e. The first-order chi connectivity index (χ1) is 14.5. The Labute approximate surface area is 184 Å². The van der Waals surface area contributed by atoms with Crippen molar-refractivity contribution in [2.75, 3.05) is 24.5 Å². The lowest BCUT2D eigenvalue weighted by Gasteiger charge is -2.26. The zero-order valence-electron chi connectivity index (χ0n) is 16.9. The van der Waals surface area contributed by atoms with Crippen LogP contribution in [-0.4, -0.2) is 34.5 Å². The molecule has 0 unspecified atom stereocenters. The number of rotatable bonds is 9. The van der Waals surface area contributed by atoms with Gasteiger partial charge in [-0.05, 0) is 36.8 Å². The summed E-state index contributed by atoms with van der Waals surface area (Å²) in [7, 11) is -3.36. The van der Waals surface area contributed by atoms with Crippen LogP contribution < -0.4 is 14.4 Å². The summed E-state index contributed by atoms with van der Waals surface area (Å²) < 4.78 is 72.2. The fourth-order valence-electron chi connectivity index (χ4n) is 2.72. The first-order valence-corrected chi connectivity index (χ1v) is 11.1. The third kappa shape index (κ3) is 6.04. The Kier molecular flexibility index (Phi) is 8.19. The molecule has 0 saturated heterocycles. The Hall–Kier alpha value is -2.46.